The van der Waals surface area contributed by atoms with Crippen LogP contribution in [0.25, 0.3) is 0 Å². The fourth-order valence-corrected chi connectivity index (χ4v) is 6.15. The summed E-state index contributed by atoms with van der Waals surface area (Å²) in [4.78, 5) is 33.1. The van der Waals surface area contributed by atoms with E-state index in [9.17, 15) is 14.7 Å². The zero-order valence-electron chi connectivity index (χ0n) is 31.3. The molecule has 4 aromatic carbocycles. The standard InChI is InChI=1S/C43H53N3O6/c1-8-9-27-44-40(48)39(46-41(49)38(30(2)51-42(4,5)6)45-29-32-28-36(50-7)25-26-37(32)47)31(3)52-43(33-19-13-10-14-20-33,34-21-15-11-16-22-34)35-23-17-12-18-24-35/h10-26,28-31,38-39,47H,8-9,27H2,1-7H3,(H,44,48)(H,46,49)/t30-,31-,38+,39+/m1/s1. The van der Waals surface area contributed by atoms with Crippen LogP contribution in [0.3, 0.4) is 0 Å². The summed E-state index contributed by atoms with van der Waals surface area (Å²) in [6.45, 7) is 11.7. The number of hydrogen-bond acceptors (Lipinski definition) is 7. The van der Waals surface area contributed by atoms with E-state index >= 15 is 0 Å². The zero-order valence-corrected chi connectivity index (χ0v) is 31.3. The first-order valence-electron chi connectivity index (χ1n) is 17.9. The maximum absolute atomic E-state index is 14.4. The van der Waals surface area contributed by atoms with Crippen LogP contribution in [-0.4, -0.2) is 66.7 Å². The molecule has 3 N–H and O–H groups in total. The summed E-state index contributed by atoms with van der Waals surface area (Å²) in [7, 11) is 1.53. The largest absolute Gasteiger partial charge is 0.507 e. The molecule has 0 aliphatic carbocycles. The van der Waals surface area contributed by atoms with Crippen LogP contribution in [0.2, 0.25) is 0 Å². The van der Waals surface area contributed by atoms with Gasteiger partial charge in [-0.2, -0.15) is 0 Å². The second kappa shape index (κ2) is 18.5. The molecule has 0 aromatic heterocycles. The Labute approximate surface area is 308 Å². The highest BCUT2D eigenvalue weighted by Gasteiger charge is 2.43. The average molecular weight is 708 g/mol. The van der Waals surface area contributed by atoms with E-state index in [2.05, 4.69) is 15.6 Å². The first kappa shape index (κ1) is 39.8. The number of methoxy groups -OCH3 is 1. The Balaban J connectivity index is 1.79. The molecule has 4 atom stereocenters. The number of carbonyl (C=O) groups is 2. The third-order valence-corrected chi connectivity index (χ3v) is 8.64. The fraction of sp³-hybridized carbons (Fsp3) is 0.372. The van der Waals surface area contributed by atoms with Crippen molar-refractivity contribution in [1.82, 2.24) is 10.6 Å². The van der Waals surface area contributed by atoms with E-state index in [1.165, 1.54) is 19.4 Å². The molecule has 0 saturated heterocycles. The lowest BCUT2D eigenvalue weighted by Crippen LogP contribution is -2.58. The van der Waals surface area contributed by atoms with Crippen molar-refractivity contribution in [3.8, 4) is 11.5 Å². The van der Waals surface area contributed by atoms with E-state index < -0.39 is 41.4 Å². The summed E-state index contributed by atoms with van der Waals surface area (Å²) in [6.07, 6.45) is 1.53. The lowest BCUT2D eigenvalue weighted by molar-refractivity contribution is -0.139. The Morgan fingerprint density at radius 3 is 1.81 bits per heavy atom. The summed E-state index contributed by atoms with van der Waals surface area (Å²) in [5.41, 5.74) is 1.22. The quantitative estimate of drug-likeness (QED) is 0.0608. The van der Waals surface area contributed by atoms with E-state index in [0.717, 1.165) is 29.5 Å². The molecule has 0 aliphatic heterocycles. The number of ether oxygens (including phenoxy) is 3. The van der Waals surface area contributed by atoms with Gasteiger partial charge in [-0.05, 0) is 75.9 Å². The number of phenolic OH excluding ortho intramolecular Hbond substituents is 1. The number of nitrogens with one attached hydrogen (secondary N) is 2. The molecule has 2 amide bonds. The first-order valence-corrected chi connectivity index (χ1v) is 17.9. The molecular formula is C43H53N3O6. The van der Waals surface area contributed by atoms with Crippen molar-refractivity contribution in [3.63, 3.8) is 0 Å². The highest BCUT2D eigenvalue weighted by Crippen LogP contribution is 2.41. The number of benzene rings is 4. The topological polar surface area (TPSA) is 118 Å². The van der Waals surface area contributed by atoms with Crippen LogP contribution in [0.4, 0.5) is 0 Å². The molecular weight excluding hydrogens is 654 g/mol. The summed E-state index contributed by atoms with van der Waals surface area (Å²) in [5.74, 6) is -0.420. The molecule has 0 unspecified atom stereocenters. The van der Waals surface area contributed by atoms with Crippen molar-refractivity contribution in [2.24, 2.45) is 4.99 Å². The van der Waals surface area contributed by atoms with Crippen molar-refractivity contribution in [3.05, 3.63) is 131 Å². The molecule has 0 fully saturated rings. The number of aliphatic imine (C=N–C) groups is 1. The van der Waals surface area contributed by atoms with Crippen LogP contribution in [-0.2, 0) is 24.7 Å². The fourth-order valence-electron chi connectivity index (χ4n) is 6.15. The van der Waals surface area contributed by atoms with Crippen LogP contribution in [0.1, 0.15) is 76.6 Å². The van der Waals surface area contributed by atoms with E-state index in [-0.39, 0.29) is 11.7 Å². The Morgan fingerprint density at radius 2 is 1.33 bits per heavy atom. The molecule has 0 heterocycles. The third kappa shape index (κ3) is 10.3. The first-order chi connectivity index (χ1) is 24.9. The number of phenols is 1. The van der Waals surface area contributed by atoms with Crippen molar-refractivity contribution in [2.45, 2.75) is 89.9 Å². The van der Waals surface area contributed by atoms with Gasteiger partial charge in [-0.25, -0.2) is 0 Å². The Hall–Kier alpha value is -4.99. The smallest absolute Gasteiger partial charge is 0.248 e. The molecule has 9 nitrogen and oxygen atoms in total. The SMILES string of the molecule is CCCCNC(=O)[C@@H](NC(=O)[C@@H](N=Cc1cc(OC)ccc1O)[C@@H](C)OC(C)(C)C)[C@@H](C)OC(c1ccccc1)(c1ccccc1)c1ccccc1. The number of carbonyl (C=O) groups excluding carboxylic acids is 2. The van der Waals surface area contributed by atoms with E-state index in [0.29, 0.717) is 17.9 Å². The molecule has 52 heavy (non-hydrogen) atoms. The molecule has 0 saturated carbocycles. The van der Waals surface area contributed by atoms with Gasteiger partial charge in [0.05, 0.1) is 24.9 Å². The van der Waals surface area contributed by atoms with Gasteiger partial charge in [-0.3, -0.25) is 14.6 Å². The van der Waals surface area contributed by atoms with E-state index in [1.54, 1.807) is 26.0 Å². The van der Waals surface area contributed by atoms with Crippen LogP contribution < -0.4 is 15.4 Å². The van der Waals surface area contributed by atoms with E-state index in [1.807, 2.05) is 119 Å². The highest BCUT2D eigenvalue weighted by atomic mass is 16.5. The number of hydrogen-bond donors (Lipinski definition) is 3. The minimum absolute atomic E-state index is 0.0256. The summed E-state index contributed by atoms with van der Waals surface area (Å²) >= 11 is 0. The zero-order chi connectivity index (χ0) is 37.7. The molecule has 0 aliphatic rings. The number of unbranched alkanes of at least 4 members (excludes halogenated alkanes) is 1. The summed E-state index contributed by atoms with van der Waals surface area (Å²) in [5, 5.41) is 16.6. The molecule has 0 bridgehead atoms. The second-order valence-electron chi connectivity index (χ2n) is 13.8. The minimum atomic E-state index is -1.14. The van der Waals surface area contributed by atoms with Gasteiger partial charge in [0.25, 0.3) is 0 Å². The van der Waals surface area contributed by atoms with Gasteiger partial charge in [0, 0.05) is 18.3 Å². The van der Waals surface area contributed by atoms with Gasteiger partial charge < -0.3 is 30.0 Å². The monoisotopic (exact) mass is 707 g/mol. The molecule has 9 heteroatoms. The van der Waals surface area contributed by atoms with Gasteiger partial charge in [0.2, 0.25) is 11.8 Å². The van der Waals surface area contributed by atoms with Crippen LogP contribution >= 0.6 is 0 Å². The van der Waals surface area contributed by atoms with Crippen LogP contribution in [0.15, 0.2) is 114 Å². The molecule has 276 valence electrons. The predicted octanol–water partition coefficient (Wildman–Crippen LogP) is 7.19. The van der Waals surface area contributed by atoms with Crippen molar-refractivity contribution < 1.29 is 28.9 Å². The van der Waals surface area contributed by atoms with Gasteiger partial charge in [0.15, 0.2) is 6.04 Å². The lowest BCUT2D eigenvalue weighted by atomic mass is 9.79. The van der Waals surface area contributed by atoms with Gasteiger partial charge in [-0.1, -0.05) is 104 Å². The maximum Gasteiger partial charge on any atom is 0.248 e. The number of nitrogens with zero attached hydrogens (tertiary/aromatic N) is 1. The summed E-state index contributed by atoms with van der Waals surface area (Å²) in [6, 6.07) is 32.2. The van der Waals surface area contributed by atoms with Crippen LogP contribution in [0.5, 0.6) is 11.5 Å². The van der Waals surface area contributed by atoms with Crippen molar-refractivity contribution in [1.29, 1.82) is 0 Å². The third-order valence-electron chi connectivity index (χ3n) is 8.64. The van der Waals surface area contributed by atoms with Crippen molar-refractivity contribution in [2.75, 3.05) is 13.7 Å². The average Bonchev–Trinajstić information content (AvgIpc) is 3.14. The predicted molar refractivity (Wildman–Crippen MR) is 206 cm³/mol. The maximum atomic E-state index is 14.4. The number of amides is 2. The normalized spacial score (nSPS) is 14.3. The van der Waals surface area contributed by atoms with Crippen molar-refractivity contribution >= 4 is 18.0 Å². The second-order valence-corrected chi connectivity index (χ2v) is 13.8. The molecule has 4 rings (SSSR count). The Kier molecular flexibility index (Phi) is 14.1. The van der Waals surface area contributed by atoms with Gasteiger partial charge >= 0.3 is 0 Å². The molecule has 4 aromatic rings. The lowest BCUT2D eigenvalue weighted by Gasteiger charge is -2.40. The Bertz CT molecular complexity index is 1640. The van der Waals surface area contributed by atoms with Crippen LogP contribution in [0, 0.1) is 0 Å². The summed E-state index contributed by atoms with van der Waals surface area (Å²) < 4.78 is 18.7. The number of aromatic hydroxyl groups is 1. The molecule has 0 spiro atoms. The van der Waals surface area contributed by atoms with Gasteiger partial charge in [0.1, 0.15) is 23.1 Å². The highest BCUT2D eigenvalue weighted by molar-refractivity contribution is 5.92. The van der Waals surface area contributed by atoms with E-state index in [4.69, 9.17) is 14.2 Å². The Morgan fingerprint density at radius 1 is 0.788 bits per heavy atom. The molecule has 0 radical (unpaired) electrons. The number of rotatable bonds is 17. The minimum Gasteiger partial charge on any atom is -0.507 e. The van der Waals surface area contributed by atoms with Gasteiger partial charge in [-0.15, -0.1) is 0 Å².